The minimum atomic E-state index is -3.17. The van der Waals surface area contributed by atoms with Gasteiger partial charge in [-0.1, -0.05) is 0 Å². The number of piperidine rings is 1. The molecule has 5 nitrogen and oxygen atoms in total. The maximum absolute atomic E-state index is 12.5. The summed E-state index contributed by atoms with van der Waals surface area (Å²) in [6.45, 7) is -3.63. The van der Waals surface area contributed by atoms with Gasteiger partial charge in [0, 0.05) is 18.0 Å². The number of benzene rings is 1. The monoisotopic (exact) mass is 386 g/mol. The van der Waals surface area contributed by atoms with Crippen molar-refractivity contribution in [2.45, 2.75) is 39.0 Å². The van der Waals surface area contributed by atoms with Gasteiger partial charge < -0.3 is 20.1 Å². The molecular formula is C15H19ClF4N2O3. The number of hydrogen-bond acceptors (Lipinski definition) is 4. The van der Waals surface area contributed by atoms with Crippen LogP contribution in [0.25, 0.3) is 0 Å². The van der Waals surface area contributed by atoms with Crippen LogP contribution in [0, 0.1) is 5.92 Å². The van der Waals surface area contributed by atoms with Crippen LogP contribution in [-0.2, 0) is 4.79 Å². The summed E-state index contributed by atoms with van der Waals surface area (Å²) in [6, 6.07) is 3.40. The number of carbonyl (C=O) groups excluding carboxylic acids is 1. The summed E-state index contributed by atoms with van der Waals surface area (Å²) in [5.74, 6) is -1.37. The molecule has 25 heavy (non-hydrogen) atoms. The molecule has 1 amide bonds. The largest absolute Gasteiger partial charge is 0.435 e. The van der Waals surface area contributed by atoms with Gasteiger partial charge in [-0.15, -0.1) is 12.4 Å². The molecule has 0 radical (unpaired) electrons. The number of halogens is 5. The summed E-state index contributed by atoms with van der Waals surface area (Å²) in [5.41, 5.74) is -0.0203. The Labute approximate surface area is 148 Å². The van der Waals surface area contributed by atoms with Crippen molar-refractivity contribution in [2.24, 2.45) is 5.92 Å². The summed E-state index contributed by atoms with van der Waals surface area (Å²) < 4.78 is 57.9. The van der Waals surface area contributed by atoms with Crippen molar-refractivity contribution in [3.8, 4) is 11.5 Å². The number of alkyl halides is 4. The molecule has 0 aromatic heterocycles. The van der Waals surface area contributed by atoms with Crippen molar-refractivity contribution in [3.63, 3.8) is 0 Å². The van der Waals surface area contributed by atoms with Crippen molar-refractivity contribution >= 4 is 24.0 Å². The normalized spacial score (nSPS) is 20.1. The fourth-order valence-corrected chi connectivity index (χ4v) is 2.58. The minimum Gasteiger partial charge on any atom is -0.435 e. The second-order valence-corrected chi connectivity index (χ2v) is 5.48. The van der Waals surface area contributed by atoms with Gasteiger partial charge in [-0.25, -0.2) is 0 Å². The zero-order chi connectivity index (χ0) is 17.7. The third-order valence-corrected chi connectivity index (χ3v) is 3.65. The van der Waals surface area contributed by atoms with E-state index in [4.69, 9.17) is 0 Å². The molecule has 1 aromatic rings. The first-order valence-corrected chi connectivity index (χ1v) is 7.43. The number of anilines is 1. The van der Waals surface area contributed by atoms with Crippen molar-refractivity contribution in [1.29, 1.82) is 0 Å². The molecule has 1 aliphatic heterocycles. The zero-order valence-corrected chi connectivity index (χ0v) is 14.1. The summed E-state index contributed by atoms with van der Waals surface area (Å²) in [4.78, 5) is 12.3. The first kappa shape index (κ1) is 21.3. The summed E-state index contributed by atoms with van der Waals surface area (Å²) >= 11 is 0. The van der Waals surface area contributed by atoms with Crippen LogP contribution in [0.15, 0.2) is 18.2 Å². The molecule has 2 rings (SSSR count). The van der Waals surface area contributed by atoms with Crippen LogP contribution in [0.2, 0.25) is 0 Å². The van der Waals surface area contributed by atoms with Gasteiger partial charge in [0.2, 0.25) is 5.91 Å². The van der Waals surface area contributed by atoms with Crippen molar-refractivity contribution in [2.75, 3.05) is 11.9 Å². The van der Waals surface area contributed by atoms with E-state index >= 15 is 0 Å². The number of rotatable bonds is 6. The highest BCUT2D eigenvalue weighted by Crippen LogP contribution is 2.32. The lowest BCUT2D eigenvalue weighted by Crippen LogP contribution is -2.40. The van der Waals surface area contributed by atoms with Crippen LogP contribution in [-0.4, -0.2) is 31.7 Å². The van der Waals surface area contributed by atoms with Gasteiger partial charge in [0.15, 0.2) is 5.75 Å². The quantitative estimate of drug-likeness (QED) is 0.733. The number of ether oxygens (including phenoxy) is 2. The van der Waals surface area contributed by atoms with Crippen molar-refractivity contribution < 1.29 is 31.8 Å². The summed E-state index contributed by atoms with van der Waals surface area (Å²) in [7, 11) is 0. The molecule has 1 aromatic carbocycles. The molecule has 0 saturated carbocycles. The minimum absolute atomic E-state index is 0. The lowest BCUT2D eigenvalue weighted by atomic mass is 9.92. The second-order valence-electron chi connectivity index (χ2n) is 5.48. The first-order valence-electron chi connectivity index (χ1n) is 7.43. The molecule has 2 atom stereocenters. The number of nitrogens with one attached hydrogen (secondary N) is 2. The molecule has 0 spiro atoms. The third kappa shape index (κ3) is 6.58. The van der Waals surface area contributed by atoms with E-state index in [1.54, 1.807) is 0 Å². The van der Waals surface area contributed by atoms with E-state index in [2.05, 4.69) is 20.1 Å². The van der Waals surface area contributed by atoms with Crippen LogP contribution in [0.1, 0.15) is 19.8 Å². The topological polar surface area (TPSA) is 59.6 Å². The lowest BCUT2D eigenvalue weighted by Gasteiger charge is -2.27. The average molecular weight is 387 g/mol. The number of amides is 1. The van der Waals surface area contributed by atoms with Crippen LogP contribution < -0.4 is 20.1 Å². The van der Waals surface area contributed by atoms with Gasteiger partial charge in [-0.3, -0.25) is 4.79 Å². The van der Waals surface area contributed by atoms with Gasteiger partial charge in [0.1, 0.15) is 5.75 Å². The Hall–Kier alpha value is -1.74. The lowest BCUT2D eigenvalue weighted by molar-refractivity contribution is -0.121. The maximum Gasteiger partial charge on any atom is 0.387 e. The van der Waals surface area contributed by atoms with Gasteiger partial charge in [-0.05, 0) is 38.4 Å². The Morgan fingerprint density at radius 1 is 1.24 bits per heavy atom. The molecule has 142 valence electrons. The number of carbonyl (C=O) groups is 1. The average Bonchev–Trinajstić information content (AvgIpc) is 2.48. The zero-order valence-electron chi connectivity index (χ0n) is 13.3. The Morgan fingerprint density at radius 2 is 1.92 bits per heavy atom. The van der Waals surface area contributed by atoms with Gasteiger partial charge in [-0.2, -0.15) is 17.6 Å². The van der Waals surface area contributed by atoms with E-state index < -0.39 is 19.0 Å². The van der Waals surface area contributed by atoms with E-state index in [9.17, 15) is 22.4 Å². The van der Waals surface area contributed by atoms with Crippen LogP contribution >= 0.6 is 12.4 Å². The van der Waals surface area contributed by atoms with Crippen molar-refractivity contribution in [3.05, 3.63) is 18.2 Å². The first-order chi connectivity index (χ1) is 11.3. The molecule has 2 N–H and O–H groups in total. The molecule has 0 aliphatic carbocycles. The summed E-state index contributed by atoms with van der Waals surface area (Å²) in [6.07, 6.45) is 1.23. The van der Waals surface area contributed by atoms with Gasteiger partial charge in [0.25, 0.3) is 0 Å². The number of hydrogen-bond donors (Lipinski definition) is 2. The molecule has 0 bridgehead atoms. The standard InChI is InChI=1S/C15H18F4N2O3.ClH/c1-8-6-9(4-5-20-8)13(22)21-11-3-2-10(23-14(16)17)7-12(11)24-15(18)19;/h2-3,7-9,14-15,20H,4-6H2,1H3,(H,21,22);1H/t8-,9-;/m0./s1. The summed E-state index contributed by atoms with van der Waals surface area (Å²) in [5, 5.41) is 5.72. The Morgan fingerprint density at radius 3 is 2.52 bits per heavy atom. The highest BCUT2D eigenvalue weighted by Gasteiger charge is 2.25. The highest BCUT2D eigenvalue weighted by atomic mass is 35.5. The fourth-order valence-electron chi connectivity index (χ4n) is 2.58. The van der Waals surface area contributed by atoms with Crippen molar-refractivity contribution in [1.82, 2.24) is 5.32 Å². The highest BCUT2D eigenvalue weighted by molar-refractivity contribution is 5.94. The molecular weight excluding hydrogens is 368 g/mol. The third-order valence-electron chi connectivity index (χ3n) is 3.65. The Kier molecular flexibility index (Phi) is 8.24. The second kappa shape index (κ2) is 9.67. The van der Waals surface area contributed by atoms with Crippen LogP contribution in [0.5, 0.6) is 11.5 Å². The predicted octanol–water partition coefficient (Wildman–Crippen LogP) is 3.64. The van der Waals surface area contributed by atoms with E-state index in [1.807, 2.05) is 6.92 Å². The molecule has 0 unspecified atom stereocenters. The molecule has 1 aliphatic rings. The van der Waals surface area contributed by atoms with Crippen LogP contribution in [0.4, 0.5) is 23.2 Å². The molecule has 10 heteroatoms. The predicted molar refractivity (Wildman–Crippen MR) is 85.8 cm³/mol. The Bertz CT molecular complexity index is 578. The maximum atomic E-state index is 12.5. The van der Waals surface area contributed by atoms with E-state index in [0.717, 1.165) is 12.1 Å². The van der Waals surface area contributed by atoms with Gasteiger partial charge in [0.05, 0.1) is 5.69 Å². The van der Waals surface area contributed by atoms with Gasteiger partial charge >= 0.3 is 13.2 Å². The van der Waals surface area contributed by atoms with E-state index in [0.29, 0.717) is 19.4 Å². The SMILES string of the molecule is C[C@H]1C[C@@H](C(=O)Nc2ccc(OC(F)F)cc2OC(F)F)CCN1.Cl. The molecule has 1 heterocycles. The van der Waals surface area contributed by atoms with E-state index in [1.165, 1.54) is 6.07 Å². The Balaban J connectivity index is 0.00000312. The molecule has 1 saturated heterocycles. The smallest absolute Gasteiger partial charge is 0.387 e. The van der Waals surface area contributed by atoms with Crippen LogP contribution in [0.3, 0.4) is 0 Å². The molecule has 1 fully saturated rings. The van der Waals surface area contributed by atoms with E-state index in [-0.39, 0.29) is 41.7 Å². The fraction of sp³-hybridized carbons (Fsp3) is 0.533.